The van der Waals surface area contributed by atoms with Gasteiger partial charge < -0.3 is 15.1 Å². The number of amides is 1. The van der Waals surface area contributed by atoms with Gasteiger partial charge >= 0.3 is 11.4 Å². The topological polar surface area (TPSA) is 179 Å². The van der Waals surface area contributed by atoms with Gasteiger partial charge in [0.05, 0.1) is 23.1 Å². The number of oxazole rings is 1. The molecule has 13 nitrogen and oxygen atoms in total. The molecule has 3 N–H and O–H groups in total. The maximum absolute atomic E-state index is 13.0. The number of rotatable bonds is 6. The summed E-state index contributed by atoms with van der Waals surface area (Å²) >= 11 is 0. The molecule has 2 aromatic carbocycles. The van der Waals surface area contributed by atoms with Crippen molar-refractivity contribution in [3.63, 3.8) is 0 Å². The van der Waals surface area contributed by atoms with Crippen LogP contribution >= 0.6 is 0 Å². The molecule has 0 fully saturated rings. The van der Waals surface area contributed by atoms with Gasteiger partial charge in [-0.2, -0.15) is 0 Å². The molecular weight excluding hydrogens is 448 g/mol. The zero-order valence-electron chi connectivity index (χ0n) is 17.8. The van der Waals surface area contributed by atoms with E-state index in [1.54, 1.807) is 30.3 Å². The van der Waals surface area contributed by atoms with Crippen molar-refractivity contribution in [3.05, 3.63) is 95.6 Å². The predicted octanol–water partition coefficient (Wildman–Crippen LogP) is 0.646. The Morgan fingerprint density at radius 2 is 1.85 bits per heavy atom. The second-order valence-electron chi connectivity index (χ2n) is 7.38. The number of hydrogen-bond donors (Lipinski definition) is 2. The molecule has 0 bridgehead atoms. The van der Waals surface area contributed by atoms with Gasteiger partial charge in [0.15, 0.2) is 11.3 Å². The molecule has 4 rings (SSSR count). The number of likely N-dealkylation sites (N-methyl/N-ethyl adjacent to an activating group) is 1. The van der Waals surface area contributed by atoms with Gasteiger partial charge in [0, 0.05) is 13.1 Å². The molecule has 0 spiro atoms. The summed E-state index contributed by atoms with van der Waals surface area (Å²) in [6, 6.07) is 12.4. The van der Waals surface area contributed by atoms with Gasteiger partial charge in [-0.1, -0.05) is 30.3 Å². The number of nitrogens with one attached hydrogen (secondary N) is 1. The zero-order chi connectivity index (χ0) is 24.6. The van der Waals surface area contributed by atoms with Crippen LogP contribution in [0.5, 0.6) is 0 Å². The third-order valence-corrected chi connectivity index (χ3v) is 5.26. The first-order valence-electron chi connectivity index (χ1n) is 9.88. The van der Waals surface area contributed by atoms with Gasteiger partial charge in [0.2, 0.25) is 5.91 Å². The maximum Gasteiger partial charge on any atom is 0.420 e. The van der Waals surface area contributed by atoms with E-state index in [0.717, 1.165) is 25.7 Å². The molecule has 34 heavy (non-hydrogen) atoms. The lowest BCUT2D eigenvalue weighted by atomic mass is 10.2. The van der Waals surface area contributed by atoms with Gasteiger partial charge in [0.25, 0.3) is 11.2 Å². The molecule has 0 aliphatic carbocycles. The number of nitro benzene ring substituents is 1. The first kappa shape index (κ1) is 22.3. The molecule has 0 aliphatic rings. The predicted molar refractivity (Wildman–Crippen MR) is 122 cm³/mol. The number of H-pyrrole nitrogens is 1. The van der Waals surface area contributed by atoms with Gasteiger partial charge in [-0.25, -0.2) is 9.59 Å². The van der Waals surface area contributed by atoms with Crippen LogP contribution in [0.4, 0.5) is 17.2 Å². The SMILES string of the molecule is CN(C(=O)Cn1c(=O)oc2cc([N+](=O)[O-])ccc21)c1c(N)n(Cc2ccccc2)c(=O)[nH]c1=O. The van der Waals surface area contributed by atoms with Crippen LogP contribution in [-0.4, -0.2) is 32.0 Å². The van der Waals surface area contributed by atoms with Crippen molar-refractivity contribution in [2.75, 3.05) is 17.7 Å². The largest absolute Gasteiger partial charge is 0.420 e. The molecule has 0 aliphatic heterocycles. The molecular formula is C21H18N6O7. The minimum absolute atomic E-state index is 0.0575. The van der Waals surface area contributed by atoms with Gasteiger partial charge in [-0.3, -0.25) is 33.8 Å². The molecule has 0 unspecified atom stereocenters. The van der Waals surface area contributed by atoms with Crippen molar-refractivity contribution in [1.29, 1.82) is 0 Å². The first-order chi connectivity index (χ1) is 16.2. The van der Waals surface area contributed by atoms with Crippen LogP contribution in [0.2, 0.25) is 0 Å². The van der Waals surface area contributed by atoms with E-state index in [9.17, 15) is 29.3 Å². The Bertz CT molecular complexity index is 1600. The number of anilines is 2. The van der Waals surface area contributed by atoms with Crippen LogP contribution in [0.15, 0.2) is 67.3 Å². The van der Waals surface area contributed by atoms with E-state index in [2.05, 4.69) is 4.98 Å². The highest BCUT2D eigenvalue weighted by Crippen LogP contribution is 2.21. The number of nitro groups is 1. The number of nitrogens with zero attached hydrogens (tertiary/aromatic N) is 4. The van der Waals surface area contributed by atoms with Crippen molar-refractivity contribution < 1.29 is 14.1 Å². The Morgan fingerprint density at radius 1 is 1.15 bits per heavy atom. The lowest BCUT2D eigenvalue weighted by molar-refractivity contribution is -0.384. The normalized spacial score (nSPS) is 11.0. The molecule has 0 saturated heterocycles. The van der Waals surface area contributed by atoms with Crippen LogP contribution in [0.1, 0.15) is 5.56 Å². The molecule has 0 radical (unpaired) electrons. The average Bonchev–Trinajstić information content (AvgIpc) is 3.11. The maximum atomic E-state index is 13.0. The lowest BCUT2D eigenvalue weighted by Crippen LogP contribution is -2.41. The first-order valence-corrected chi connectivity index (χ1v) is 9.88. The standard InChI is InChI=1S/C21H18N6O7/c1-24(16(28)11-25-14-8-7-13(27(32)33)9-15(14)34-21(25)31)17-18(22)26(20(30)23-19(17)29)10-12-5-3-2-4-6-12/h2-9H,10-11,22H2,1H3,(H,23,29,30). The fourth-order valence-electron chi connectivity index (χ4n) is 3.51. The van der Waals surface area contributed by atoms with E-state index in [0.29, 0.717) is 0 Å². The lowest BCUT2D eigenvalue weighted by Gasteiger charge is -2.20. The smallest absolute Gasteiger partial charge is 0.407 e. The summed E-state index contributed by atoms with van der Waals surface area (Å²) in [7, 11) is 1.28. The van der Waals surface area contributed by atoms with Gasteiger partial charge in [-0.05, 0) is 11.6 Å². The van der Waals surface area contributed by atoms with Crippen LogP contribution in [0, 0.1) is 10.1 Å². The quantitative estimate of drug-likeness (QED) is 0.307. The number of nitrogens with two attached hydrogens (primary N) is 1. The van der Waals surface area contributed by atoms with E-state index in [-0.39, 0.29) is 34.8 Å². The Hall–Kier alpha value is -4.94. The molecule has 0 atom stereocenters. The second-order valence-corrected chi connectivity index (χ2v) is 7.38. The molecule has 174 valence electrons. The number of carbonyl (C=O) groups is 1. The van der Waals surface area contributed by atoms with Crippen LogP contribution < -0.4 is 27.6 Å². The van der Waals surface area contributed by atoms with Crippen molar-refractivity contribution in [3.8, 4) is 0 Å². The highest BCUT2D eigenvalue weighted by Gasteiger charge is 2.23. The summed E-state index contributed by atoms with van der Waals surface area (Å²) in [5.41, 5.74) is 4.79. The third kappa shape index (κ3) is 3.97. The number of benzene rings is 2. The van der Waals surface area contributed by atoms with E-state index in [1.807, 2.05) is 0 Å². The summed E-state index contributed by atoms with van der Waals surface area (Å²) in [6.45, 7) is -0.487. The molecule has 2 aromatic heterocycles. The van der Waals surface area contributed by atoms with Gasteiger partial charge in [-0.15, -0.1) is 0 Å². The Labute approximate surface area is 189 Å². The highest BCUT2D eigenvalue weighted by molar-refractivity contribution is 5.95. The minimum atomic E-state index is -0.909. The number of hydrogen-bond acceptors (Lipinski definition) is 8. The summed E-state index contributed by atoms with van der Waals surface area (Å²) < 4.78 is 7.11. The Kier molecular flexibility index (Phi) is 5.59. The minimum Gasteiger partial charge on any atom is -0.407 e. The van der Waals surface area contributed by atoms with Crippen LogP contribution in [-0.2, 0) is 17.9 Å². The van der Waals surface area contributed by atoms with Crippen LogP contribution in [0.25, 0.3) is 11.1 Å². The van der Waals surface area contributed by atoms with Crippen molar-refractivity contribution in [2.45, 2.75) is 13.1 Å². The fourth-order valence-corrected chi connectivity index (χ4v) is 3.51. The summed E-state index contributed by atoms with van der Waals surface area (Å²) in [4.78, 5) is 63.5. The third-order valence-electron chi connectivity index (χ3n) is 5.26. The van der Waals surface area contributed by atoms with E-state index in [1.165, 1.54) is 19.2 Å². The highest BCUT2D eigenvalue weighted by atomic mass is 16.6. The Balaban J connectivity index is 1.68. The number of nitrogen functional groups attached to an aromatic ring is 1. The van der Waals surface area contributed by atoms with E-state index in [4.69, 9.17) is 10.2 Å². The van der Waals surface area contributed by atoms with Crippen molar-refractivity contribution in [2.24, 2.45) is 0 Å². The number of fused-ring (bicyclic) bond motifs is 1. The molecule has 4 aromatic rings. The molecule has 13 heteroatoms. The molecule has 2 heterocycles. The van der Waals surface area contributed by atoms with Gasteiger partial charge in [0.1, 0.15) is 12.4 Å². The van der Waals surface area contributed by atoms with E-state index >= 15 is 0 Å². The number of carbonyl (C=O) groups excluding carboxylic acids is 1. The molecule has 1 amide bonds. The average molecular weight is 466 g/mol. The summed E-state index contributed by atoms with van der Waals surface area (Å²) in [5, 5.41) is 10.9. The summed E-state index contributed by atoms with van der Waals surface area (Å²) in [5.74, 6) is -1.85. The monoisotopic (exact) mass is 466 g/mol. The number of non-ortho nitro benzene ring substituents is 1. The fraction of sp³-hybridized carbons (Fsp3) is 0.143. The van der Waals surface area contributed by atoms with Crippen molar-refractivity contribution >= 4 is 34.2 Å². The van der Waals surface area contributed by atoms with E-state index < -0.39 is 34.4 Å². The second kappa shape index (κ2) is 8.54. The van der Waals surface area contributed by atoms with Crippen LogP contribution in [0.3, 0.4) is 0 Å². The summed E-state index contributed by atoms with van der Waals surface area (Å²) in [6.07, 6.45) is 0. The number of aromatic nitrogens is 3. The molecule has 0 saturated carbocycles. The number of aromatic amines is 1. The Morgan fingerprint density at radius 3 is 2.53 bits per heavy atom. The zero-order valence-corrected chi connectivity index (χ0v) is 17.8. The van der Waals surface area contributed by atoms with Crippen molar-refractivity contribution in [1.82, 2.24) is 14.1 Å².